The van der Waals surface area contributed by atoms with E-state index in [9.17, 15) is 0 Å². The van der Waals surface area contributed by atoms with Crippen molar-refractivity contribution in [3.63, 3.8) is 0 Å². The number of rotatable bonds is 9. The van der Waals surface area contributed by atoms with Crippen LogP contribution >= 0.6 is 0 Å². The van der Waals surface area contributed by atoms with Crippen LogP contribution in [0.1, 0.15) is 42.4 Å². The maximum atomic E-state index is 6.64. The first-order valence-electron chi connectivity index (χ1n) is 13.5. The first-order chi connectivity index (χ1) is 18.1. The predicted octanol–water partition coefficient (Wildman–Crippen LogP) is 5.19. The van der Waals surface area contributed by atoms with Crippen LogP contribution < -0.4 is 24.4 Å². The molecule has 0 unspecified atom stereocenters. The standard InChI is InChI=1S/C31H34BNO4/c1-21-15-25(18-33-11-2-3-12-33)29(36-19-22-7-8-22)17-28(21)37-20-24-5-4-6-26(31(24)32)23-9-10-27-30(16-23)35-14-13-34-27/h4-6,9-10,15-17,22H,2-3,7-8,11-14,18-20H2,1H3. The van der Waals surface area contributed by atoms with Gasteiger partial charge in [-0.15, -0.1) is 0 Å². The lowest BCUT2D eigenvalue weighted by Gasteiger charge is -2.21. The highest BCUT2D eigenvalue weighted by Crippen LogP contribution is 2.36. The molecule has 2 heterocycles. The van der Waals surface area contributed by atoms with Crippen molar-refractivity contribution in [2.24, 2.45) is 5.92 Å². The number of likely N-dealkylation sites (tertiary alicyclic amines) is 1. The zero-order valence-electron chi connectivity index (χ0n) is 21.6. The third-order valence-electron chi connectivity index (χ3n) is 7.55. The van der Waals surface area contributed by atoms with E-state index in [1.54, 1.807) is 0 Å². The van der Waals surface area contributed by atoms with Gasteiger partial charge in [0.1, 0.15) is 39.2 Å². The fourth-order valence-corrected chi connectivity index (χ4v) is 5.17. The molecule has 1 aliphatic carbocycles. The molecule has 2 radical (unpaired) electrons. The van der Waals surface area contributed by atoms with E-state index in [4.69, 9.17) is 26.8 Å². The molecule has 1 saturated heterocycles. The predicted molar refractivity (Wildman–Crippen MR) is 146 cm³/mol. The second kappa shape index (κ2) is 10.7. The van der Waals surface area contributed by atoms with E-state index in [1.807, 2.05) is 36.4 Å². The van der Waals surface area contributed by atoms with E-state index in [2.05, 4.69) is 24.0 Å². The Morgan fingerprint density at radius 2 is 1.70 bits per heavy atom. The average Bonchev–Trinajstić information content (AvgIpc) is 3.61. The van der Waals surface area contributed by atoms with Crippen LogP contribution in [-0.2, 0) is 13.2 Å². The molecule has 190 valence electrons. The van der Waals surface area contributed by atoms with Gasteiger partial charge in [0.05, 0.1) is 6.61 Å². The van der Waals surface area contributed by atoms with Gasteiger partial charge in [0.2, 0.25) is 0 Å². The van der Waals surface area contributed by atoms with E-state index in [0.717, 1.165) is 58.4 Å². The molecule has 6 heteroatoms. The molecule has 0 atom stereocenters. The zero-order chi connectivity index (χ0) is 25.2. The summed E-state index contributed by atoms with van der Waals surface area (Å²) in [7, 11) is 6.64. The van der Waals surface area contributed by atoms with Crippen LogP contribution in [0.15, 0.2) is 48.5 Å². The lowest BCUT2D eigenvalue weighted by Crippen LogP contribution is -2.19. The summed E-state index contributed by atoms with van der Waals surface area (Å²) in [5.74, 6) is 4.04. The van der Waals surface area contributed by atoms with E-state index in [-0.39, 0.29) is 0 Å². The van der Waals surface area contributed by atoms with Crippen LogP contribution in [0.5, 0.6) is 23.0 Å². The molecule has 2 fully saturated rings. The molecule has 0 bridgehead atoms. The molecule has 0 spiro atoms. The summed E-state index contributed by atoms with van der Waals surface area (Å²) in [6.07, 6.45) is 5.11. The Kier molecular flexibility index (Phi) is 7.01. The SMILES string of the molecule is [B]c1c(COc2cc(OCC3CC3)c(CN3CCCC3)cc2C)cccc1-c1ccc2c(c1)OCCO2. The van der Waals surface area contributed by atoms with Crippen molar-refractivity contribution >= 4 is 13.3 Å². The Morgan fingerprint density at radius 3 is 2.51 bits per heavy atom. The van der Waals surface area contributed by atoms with Gasteiger partial charge in [-0.2, -0.15) is 0 Å². The molecule has 0 N–H and O–H groups in total. The lowest BCUT2D eigenvalue weighted by atomic mass is 9.83. The molecule has 0 aromatic heterocycles. The van der Waals surface area contributed by atoms with E-state index in [1.165, 1.54) is 44.3 Å². The molecule has 0 amide bonds. The molecule has 3 aromatic carbocycles. The maximum Gasteiger partial charge on any atom is 0.161 e. The van der Waals surface area contributed by atoms with Crippen molar-refractivity contribution in [3.8, 4) is 34.1 Å². The van der Waals surface area contributed by atoms with Crippen molar-refractivity contribution < 1.29 is 18.9 Å². The van der Waals surface area contributed by atoms with Gasteiger partial charge in [-0.1, -0.05) is 29.7 Å². The monoisotopic (exact) mass is 495 g/mol. The van der Waals surface area contributed by atoms with Crippen LogP contribution in [0.3, 0.4) is 0 Å². The third-order valence-corrected chi connectivity index (χ3v) is 7.55. The summed E-state index contributed by atoms with van der Waals surface area (Å²) in [5, 5.41) is 0. The second-order valence-corrected chi connectivity index (χ2v) is 10.5. The fourth-order valence-electron chi connectivity index (χ4n) is 5.17. The molecule has 6 rings (SSSR count). The largest absolute Gasteiger partial charge is 0.493 e. The van der Waals surface area contributed by atoms with Gasteiger partial charge in [-0.05, 0) is 92.1 Å². The summed E-state index contributed by atoms with van der Waals surface area (Å²) in [5.41, 5.74) is 6.01. The van der Waals surface area contributed by atoms with E-state index in [0.29, 0.717) is 31.2 Å². The summed E-state index contributed by atoms with van der Waals surface area (Å²) in [6, 6.07) is 16.4. The summed E-state index contributed by atoms with van der Waals surface area (Å²) < 4.78 is 24.1. The molecule has 37 heavy (non-hydrogen) atoms. The zero-order valence-corrected chi connectivity index (χ0v) is 21.6. The maximum absolute atomic E-state index is 6.64. The Hall–Kier alpha value is -3.12. The summed E-state index contributed by atoms with van der Waals surface area (Å²) >= 11 is 0. The van der Waals surface area contributed by atoms with Crippen LogP contribution in [0.2, 0.25) is 0 Å². The summed E-state index contributed by atoms with van der Waals surface area (Å²) in [4.78, 5) is 2.52. The quantitative estimate of drug-likeness (QED) is 0.382. The first kappa shape index (κ1) is 24.2. The van der Waals surface area contributed by atoms with Crippen molar-refractivity contribution in [1.82, 2.24) is 4.90 Å². The van der Waals surface area contributed by atoms with Gasteiger partial charge in [0, 0.05) is 18.2 Å². The fraction of sp³-hybridized carbons (Fsp3) is 0.419. The molecule has 3 aliphatic rings. The Morgan fingerprint density at radius 1 is 0.892 bits per heavy atom. The minimum Gasteiger partial charge on any atom is -0.493 e. The second-order valence-electron chi connectivity index (χ2n) is 10.5. The Bertz CT molecular complexity index is 1270. The highest BCUT2D eigenvalue weighted by Gasteiger charge is 2.23. The van der Waals surface area contributed by atoms with Crippen LogP contribution in [0.25, 0.3) is 11.1 Å². The van der Waals surface area contributed by atoms with E-state index < -0.39 is 0 Å². The molecular formula is C31H34BNO4. The Balaban J connectivity index is 1.21. The molecule has 1 saturated carbocycles. The molecule has 5 nitrogen and oxygen atoms in total. The van der Waals surface area contributed by atoms with Gasteiger partial charge in [0.25, 0.3) is 0 Å². The highest BCUT2D eigenvalue weighted by molar-refractivity contribution is 6.37. The van der Waals surface area contributed by atoms with Gasteiger partial charge >= 0.3 is 0 Å². The average molecular weight is 495 g/mol. The normalized spacial score (nSPS) is 17.1. The van der Waals surface area contributed by atoms with E-state index >= 15 is 0 Å². The number of benzene rings is 3. The highest BCUT2D eigenvalue weighted by atomic mass is 16.6. The van der Waals surface area contributed by atoms with Crippen molar-refractivity contribution in [2.45, 2.75) is 45.8 Å². The van der Waals surface area contributed by atoms with Crippen LogP contribution in [0, 0.1) is 12.8 Å². The van der Waals surface area contributed by atoms with Crippen LogP contribution in [-0.4, -0.2) is 45.7 Å². The van der Waals surface area contributed by atoms with Crippen molar-refractivity contribution in [3.05, 3.63) is 65.2 Å². The number of fused-ring (bicyclic) bond motifs is 1. The van der Waals surface area contributed by atoms with Crippen molar-refractivity contribution in [2.75, 3.05) is 32.9 Å². The smallest absolute Gasteiger partial charge is 0.161 e. The minimum atomic E-state index is 0.388. The first-order valence-corrected chi connectivity index (χ1v) is 13.5. The minimum absolute atomic E-state index is 0.388. The lowest BCUT2D eigenvalue weighted by molar-refractivity contribution is 0.171. The molecule has 3 aromatic rings. The van der Waals surface area contributed by atoms with Gasteiger partial charge in [-0.25, -0.2) is 0 Å². The number of hydrogen-bond acceptors (Lipinski definition) is 5. The topological polar surface area (TPSA) is 40.2 Å². The number of hydrogen-bond donors (Lipinski definition) is 0. The van der Waals surface area contributed by atoms with Crippen LogP contribution in [0.4, 0.5) is 0 Å². The Labute approximate surface area is 221 Å². The summed E-state index contributed by atoms with van der Waals surface area (Å²) in [6.45, 7) is 7.69. The molecule has 2 aliphatic heterocycles. The van der Waals surface area contributed by atoms with Gasteiger partial charge in [0.15, 0.2) is 11.5 Å². The van der Waals surface area contributed by atoms with Gasteiger partial charge in [-0.3, -0.25) is 4.90 Å². The number of aryl methyl sites for hydroxylation is 1. The van der Waals surface area contributed by atoms with Gasteiger partial charge < -0.3 is 18.9 Å². The number of nitrogens with zero attached hydrogens (tertiary/aromatic N) is 1. The number of ether oxygens (including phenoxy) is 4. The van der Waals surface area contributed by atoms with Crippen molar-refractivity contribution in [1.29, 1.82) is 0 Å². The third kappa shape index (κ3) is 5.59. The molecular weight excluding hydrogens is 461 g/mol.